The number of benzene rings is 1. The van der Waals surface area contributed by atoms with Gasteiger partial charge in [0.15, 0.2) is 6.61 Å². The highest BCUT2D eigenvalue weighted by atomic mass is 16.5. The zero-order valence-corrected chi connectivity index (χ0v) is 13.1. The van der Waals surface area contributed by atoms with E-state index in [1.54, 1.807) is 10.6 Å². The van der Waals surface area contributed by atoms with Gasteiger partial charge < -0.3 is 9.30 Å². The van der Waals surface area contributed by atoms with Crippen LogP contribution in [0.3, 0.4) is 0 Å². The van der Waals surface area contributed by atoms with Crippen molar-refractivity contribution in [3.05, 3.63) is 40.3 Å². The molecule has 0 aliphatic rings. The number of ether oxygens (including phenoxy) is 1. The summed E-state index contributed by atoms with van der Waals surface area (Å²) in [5.41, 5.74) is 1.74. The first-order valence-electron chi connectivity index (χ1n) is 7.68. The third-order valence-corrected chi connectivity index (χ3v) is 3.52. The highest BCUT2D eigenvalue weighted by Crippen LogP contribution is 2.11. The normalized spacial score (nSPS) is 10.4. The van der Waals surface area contributed by atoms with E-state index in [1.807, 2.05) is 24.3 Å². The lowest BCUT2D eigenvalue weighted by atomic mass is 10.2. The van der Waals surface area contributed by atoms with Gasteiger partial charge in [0.2, 0.25) is 0 Å². The third kappa shape index (κ3) is 4.16. The maximum absolute atomic E-state index is 12.6. The van der Waals surface area contributed by atoms with Crippen molar-refractivity contribution in [2.75, 3.05) is 6.61 Å². The Morgan fingerprint density at radius 1 is 1.39 bits per heavy atom. The molecule has 2 aromatic rings. The average molecular weight is 313 g/mol. The topological polar surface area (TPSA) is 85.0 Å². The van der Waals surface area contributed by atoms with Crippen molar-refractivity contribution in [1.29, 1.82) is 5.26 Å². The monoisotopic (exact) mass is 313 g/mol. The van der Waals surface area contributed by atoms with Gasteiger partial charge >= 0.3 is 5.97 Å². The van der Waals surface area contributed by atoms with Crippen LogP contribution in [-0.2, 0) is 22.5 Å². The van der Waals surface area contributed by atoms with Crippen LogP contribution in [0.25, 0.3) is 11.0 Å². The van der Waals surface area contributed by atoms with Gasteiger partial charge in [-0.2, -0.15) is 5.26 Å². The molecular formula is C17H19N3O3. The first kappa shape index (κ1) is 16.7. The fraction of sp³-hybridized carbons (Fsp3) is 0.412. The van der Waals surface area contributed by atoms with E-state index in [9.17, 15) is 9.59 Å². The third-order valence-electron chi connectivity index (χ3n) is 3.52. The number of para-hydroxylation sites is 2. The lowest BCUT2D eigenvalue weighted by Crippen LogP contribution is -2.26. The van der Waals surface area contributed by atoms with Gasteiger partial charge in [-0.1, -0.05) is 25.5 Å². The Bertz CT molecular complexity index is 790. The van der Waals surface area contributed by atoms with Crippen molar-refractivity contribution in [2.24, 2.45) is 0 Å². The smallest absolute Gasteiger partial charge is 0.307 e. The SMILES string of the molecule is CCCCn1c(=O)c(CCC(=O)OCC#N)nc2ccccc21. The Hall–Kier alpha value is -2.68. The first-order valence-corrected chi connectivity index (χ1v) is 7.68. The quantitative estimate of drug-likeness (QED) is 0.731. The molecule has 1 aromatic heterocycles. The maximum Gasteiger partial charge on any atom is 0.307 e. The summed E-state index contributed by atoms with van der Waals surface area (Å²) in [6, 6.07) is 9.23. The fourth-order valence-electron chi connectivity index (χ4n) is 2.35. The molecule has 6 heteroatoms. The number of carbonyl (C=O) groups excluding carboxylic acids is 1. The molecule has 0 N–H and O–H groups in total. The van der Waals surface area contributed by atoms with E-state index in [1.165, 1.54) is 0 Å². The van der Waals surface area contributed by atoms with Crippen LogP contribution in [0.2, 0.25) is 0 Å². The van der Waals surface area contributed by atoms with Crippen molar-refractivity contribution in [1.82, 2.24) is 9.55 Å². The molecule has 0 unspecified atom stereocenters. The molecule has 0 aliphatic heterocycles. The number of nitriles is 1. The summed E-state index contributed by atoms with van der Waals surface area (Å²) >= 11 is 0. The number of hydrogen-bond acceptors (Lipinski definition) is 5. The molecule has 0 saturated carbocycles. The van der Waals surface area contributed by atoms with E-state index in [0.717, 1.165) is 23.9 Å². The maximum atomic E-state index is 12.6. The number of aryl methyl sites for hydroxylation is 2. The highest BCUT2D eigenvalue weighted by molar-refractivity contribution is 5.75. The first-order chi connectivity index (χ1) is 11.2. The van der Waals surface area contributed by atoms with Crippen LogP contribution in [-0.4, -0.2) is 22.1 Å². The van der Waals surface area contributed by atoms with E-state index < -0.39 is 5.97 Å². The van der Waals surface area contributed by atoms with Crippen LogP contribution in [0.15, 0.2) is 29.1 Å². The van der Waals surface area contributed by atoms with Gasteiger partial charge in [-0.25, -0.2) is 4.98 Å². The van der Waals surface area contributed by atoms with Gasteiger partial charge in [0.05, 0.1) is 17.5 Å². The Morgan fingerprint density at radius 3 is 2.91 bits per heavy atom. The number of fused-ring (bicyclic) bond motifs is 1. The van der Waals surface area contributed by atoms with Gasteiger partial charge in [0.25, 0.3) is 5.56 Å². The van der Waals surface area contributed by atoms with E-state index in [-0.39, 0.29) is 25.0 Å². The zero-order valence-electron chi connectivity index (χ0n) is 13.1. The number of unbranched alkanes of at least 4 members (excludes halogenated alkanes) is 1. The molecule has 0 atom stereocenters. The second-order valence-corrected chi connectivity index (χ2v) is 5.18. The Labute approximate surface area is 134 Å². The second-order valence-electron chi connectivity index (χ2n) is 5.18. The minimum atomic E-state index is -0.499. The summed E-state index contributed by atoms with van der Waals surface area (Å²) in [6.07, 6.45) is 2.13. The van der Waals surface area contributed by atoms with Crippen LogP contribution in [0, 0.1) is 11.3 Å². The van der Waals surface area contributed by atoms with Crippen LogP contribution in [0.5, 0.6) is 0 Å². The minimum absolute atomic E-state index is 0.0377. The van der Waals surface area contributed by atoms with Gasteiger partial charge in [-0.05, 0) is 18.6 Å². The molecule has 0 radical (unpaired) electrons. The molecule has 120 valence electrons. The van der Waals surface area contributed by atoms with E-state index in [0.29, 0.717) is 12.2 Å². The molecule has 0 aliphatic carbocycles. The molecule has 23 heavy (non-hydrogen) atoms. The molecule has 1 heterocycles. The van der Waals surface area contributed by atoms with Crippen molar-refractivity contribution >= 4 is 17.0 Å². The van der Waals surface area contributed by atoms with Crippen molar-refractivity contribution in [3.8, 4) is 6.07 Å². The Balaban J connectivity index is 2.29. The average Bonchev–Trinajstić information content (AvgIpc) is 2.57. The van der Waals surface area contributed by atoms with Gasteiger partial charge in [0.1, 0.15) is 11.8 Å². The van der Waals surface area contributed by atoms with Crippen LogP contribution < -0.4 is 5.56 Å². The van der Waals surface area contributed by atoms with Crippen LogP contribution >= 0.6 is 0 Å². The van der Waals surface area contributed by atoms with Gasteiger partial charge in [0, 0.05) is 13.0 Å². The zero-order chi connectivity index (χ0) is 16.7. The number of rotatable bonds is 7. The summed E-state index contributed by atoms with van der Waals surface area (Å²) < 4.78 is 6.42. The summed E-state index contributed by atoms with van der Waals surface area (Å²) in [6.45, 7) is 2.43. The number of hydrogen-bond donors (Lipinski definition) is 0. The van der Waals surface area contributed by atoms with E-state index >= 15 is 0 Å². The number of esters is 1. The van der Waals surface area contributed by atoms with Crippen molar-refractivity contribution in [2.45, 2.75) is 39.2 Å². The minimum Gasteiger partial charge on any atom is -0.450 e. The van der Waals surface area contributed by atoms with Crippen LogP contribution in [0.4, 0.5) is 0 Å². The molecule has 6 nitrogen and oxygen atoms in total. The molecule has 0 bridgehead atoms. The lowest BCUT2D eigenvalue weighted by Gasteiger charge is -2.11. The number of aromatic nitrogens is 2. The molecule has 1 aromatic carbocycles. The molecule has 0 fully saturated rings. The predicted octanol–water partition coefficient (Wildman–Crippen LogP) is 2.20. The standard InChI is InChI=1S/C17H19N3O3/c1-2-3-11-20-15-7-5-4-6-13(15)19-14(17(20)22)8-9-16(21)23-12-10-18/h4-7H,2-3,8-9,11-12H2,1H3. The predicted molar refractivity (Wildman–Crippen MR) is 85.8 cm³/mol. The second kappa shape index (κ2) is 8.08. The largest absolute Gasteiger partial charge is 0.450 e. The van der Waals surface area contributed by atoms with E-state index in [2.05, 4.69) is 11.9 Å². The van der Waals surface area contributed by atoms with Crippen molar-refractivity contribution < 1.29 is 9.53 Å². The van der Waals surface area contributed by atoms with E-state index in [4.69, 9.17) is 10.00 Å². The molecule has 0 saturated heterocycles. The number of nitrogens with zero attached hydrogens (tertiary/aromatic N) is 3. The summed E-state index contributed by atoms with van der Waals surface area (Å²) in [4.78, 5) is 28.5. The lowest BCUT2D eigenvalue weighted by molar-refractivity contribution is -0.142. The number of carbonyl (C=O) groups is 1. The van der Waals surface area contributed by atoms with Gasteiger partial charge in [-0.15, -0.1) is 0 Å². The summed E-state index contributed by atoms with van der Waals surface area (Å²) in [7, 11) is 0. The highest BCUT2D eigenvalue weighted by Gasteiger charge is 2.12. The molecular weight excluding hydrogens is 294 g/mol. The molecule has 2 rings (SSSR count). The summed E-state index contributed by atoms with van der Waals surface area (Å²) in [5.74, 6) is -0.499. The van der Waals surface area contributed by atoms with Crippen LogP contribution in [0.1, 0.15) is 31.9 Å². The van der Waals surface area contributed by atoms with Gasteiger partial charge in [-0.3, -0.25) is 9.59 Å². The molecule has 0 spiro atoms. The fourth-order valence-corrected chi connectivity index (χ4v) is 2.35. The van der Waals surface area contributed by atoms with Crippen molar-refractivity contribution in [3.63, 3.8) is 0 Å². The molecule has 0 amide bonds. The summed E-state index contributed by atoms with van der Waals surface area (Å²) in [5, 5.41) is 8.39. The Kier molecular flexibility index (Phi) is 5.87. The Morgan fingerprint density at radius 2 is 2.17 bits per heavy atom.